The highest BCUT2D eigenvalue weighted by Gasteiger charge is 2.25. The lowest BCUT2D eigenvalue weighted by Gasteiger charge is -2.29. The number of carbonyl (C=O) groups excluding carboxylic acids is 2. The van der Waals surface area contributed by atoms with Crippen molar-refractivity contribution in [3.63, 3.8) is 0 Å². The van der Waals surface area contributed by atoms with E-state index in [1.807, 2.05) is 37.4 Å². The number of carbonyl (C=O) groups is 2. The van der Waals surface area contributed by atoms with Crippen molar-refractivity contribution in [3.8, 4) is 5.75 Å². The predicted octanol–water partition coefficient (Wildman–Crippen LogP) is 3.94. The van der Waals surface area contributed by atoms with Gasteiger partial charge in [-0.25, -0.2) is 0 Å². The Morgan fingerprint density at radius 2 is 2.00 bits per heavy atom. The topological polar surface area (TPSA) is 58.6 Å². The first kappa shape index (κ1) is 18.3. The van der Waals surface area contributed by atoms with Crippen molar-refractivity contribution < 1.29 is 14.3 Å². The van der Waals surface area contributed by atoms with Crippen LogP contribution in [0.3, 0.4) is 0 Å². The third-order valence-electron chi connectivity index (χ3n) is 4.13. The lowest BCUT2D eigenvalue weighted by Crippen LogP contribution is -2.39. The van der Waals surface area contributed by atoms with Crippen molar-refractivity contribution >= 4 is 35.0 Å². The summed E-state index contributed by atoms with van der Waals surface area (Å²) in [4.78, 5) is 26.3. The zero-order chi connectivity index (χ0) is 18.5. The number of hydrogen-bond donors (Lipinski definition) is 1. The zero-order valence-electron chi connectivity index (χ0n) is 15.0. The third-order valence-corrected chi connectivity index (χ3v) is 4.76. The van der Waals surface area contributed by atoms with Gasteiger partial charge in [-0.1, -0.05) is 19.1 Å². The van der Waals surface area contributed by atoms with Crippen LogP contribution < -0.4 is 15.0 Å². The molecule has 5 nitrogen and oxygen atoms in total. The molecule has 0 atom stereocenters. The van der Waals surface area contributed by atoms with E-state index in [1.165, 1.54) is 5.56 Å². The molecule has 3 rings (SSSR count). The summed E-state index contributed by atoms with van der Waals surface area (Å²) >= 11 is 1.74. The zero-order valence-corrected chi connectivity index (χ0v) is 15.8. The fraction of sp³-hybridized carbons (Fsp3) is 0.300. The maximum absolute atomic E-state index is 12.5. The first-order valence-corrected chi connectivity index (χ1v) is 9.98. The van der Waals surface area contributed by atoms with E-state index in [-0.39, 0.29) is 18.4 Å². The molecule has 2 aromatic carbocycles. The monoisotopic (exact) mass is 370 g/mol. The first-order chi connectivity index (χ1) is 12.6. The minimum atomic E-state index is -0.175. The lowest BCUT2D eigenvalue weighted by atomic mass is 10.1. The van der Waals surface area contributed by atoms with Crippen LogP contribution in [0.1, 0.15) is 29.3 Å². The van der Waals surface area contributed by atoms with Gasteiger partial charge in [0.25, 0.3) is 11.8 Å². The second kappa shape index (κ2) is 8.27. The highest BCUT2D eigenvalue weighted by atomic mass is 32.2. The number of nitrogens with zero attached hydrogens (tertiary/aromatic N) is 1. The molecule has 6 heteroatoms. The second-order valence-electron chi connectivity index (χ2n) is 6.10. The van der Waals surface area contributed by atoms with Gasteiger partial charge >= 0.3 is 0 Å². The number of thioether (sulfide) groups is 1. The number of ether oxygens (including phenoxy) is 1. The van der Waals surface area contributed by atoms with Crippen LogP contribution in [0.15, 0.2) is 42.5 Å². The van der Waals surface area contributed by atoms with Gasteiger partial charge in [0.2, 0.25) is 0 Å². The Morgan fingerprint density at radius 1 is 1.23 bits per heavy atom. The number of anilines is 2. The minimum Gasteiger partial charge on any atom is -0.482 e. The van der Waals surface area contributed by atoms with Crippen LogP contribution in [0.4, 0.5) is 11.4 Å². The Balaban J connectivity index is 1.78. The number of fused-ring (bicyclic) bond motifs is 1. The molecule has 0 bridgehead atoms. The normalized spacial score (nSPS) is 13.2. The van der Waals surface area contributed by atoms with Crippen LogP contribution >= 0.6 is 11.8 Å². The number of amides is 2. The van der Waals surface area contributed by atoms with Crippen molar-refractivity contribution in [1.82, 2.24) is 0 Å². The van der Waals surface area contributed by atoms with E-state index in [0.717, 1.165) is 12.2 Å². The van der Waals surface area contributed by atoms with E-state index in [4.69, 9.17) is 4.74 Å². The standard InChI is InChI=1S/C20H22N2O3S/c1-3-10-22-17-11-16(8-9-18(17)25-12-19(22)23)21-20(24)15-6-4-14(5-7-15)13-26-2/h4-9,11H,3,10,12-13H2,1-2H3,(H,21,24). The molecular weight excluding hydrogens is 348 g/mol. The highest BCUT2D eigenvalue weighted by molar-refractivity contribution is 7.97. The van der Waals surface area contributed by atoms with Crippen molar-refractivity contribution in [2.75, 3.05) is 29.6 Å². The van der Waals surface area contributed by atoms with Gasteiger partial charge in [0, 0.05) is 23.5 Å². The van der Waals surface area contributed by atoms with E-state index in [9.17, 15) is 9.59 Å². The molecule has 0 fully saturated rings. The van der Waals surface area contributed by atoms with Crippen LogP contribution in [-0.2, 0) is 10.5 Å². The minimum absolute atomic E-state index is 0.0566. The van der Waals surface area contributed by atoms with Gasteiger partial charge in [0.05, 0.1) is 5.69 Å². The van der Waals surface area contributed by atoms with E-state index in [2.05, 4.69) is 5.32 Å². The van der Waals surface area contributed by atoms with Crippen molar-refractivity contribution in [3.05, 3.63) is 53.6 Å². The van der Waals surface area contributed by atoms with Crippen LogP contribution in [-0.4, -0.2) is 31.2 Å². The van der Waals surface area contributed by atoms with Gasteiger partial charge in [-0.3, -0.25) is 9.59 Å². The van der Waals surface area contributed by atoms with Crippen molar-refractivity contribution in [2.24, 2.45) is 0 Å². The molecule has 0 radical (unpaired) electrons. The molecule has 2 aromatic rings. The van der Waals surface area contributed by atoms with Crippen LogP contribution in [0.2, 0.25) is 0 Å². The summed E-state index contributed by atoms with van der Waals surface area (Å²) in [7, 11) is 0. The maximum Gasteiger partial charge on any atom is 0.265 e. The van der Waals surface area contributed by atoms with Crippen LogP contribution in [0.5, 0.6) is 5.75 Å². The molecule has 0 spiro atoms. The lowest BCUT2D eigenvalue weighted by molar-refractivity contribution is -0.121. The second-order valence-corrected chi connectivity index (χ2v) is 6.97. The number of nitrogens with one attached hydrogen (secondary N) is 1. The molecular formula is C20H22N2O3S. The highest BCUT2D eigenvalue weighted by Crippen LogP contribution is 2.34. The summed E-state index contributed by atoms with van der Waals surface area (Å²) in [5, 5.41) is 2.90. The Morgan fingerprint density at radius 3 is 2.69 bits per heavy atom. The van der Waals surface area contributed by atoms with Gasteiger partial charge in [0.1, 0.15) is 5.75 Å². The smallest absolute Gasteiger partial charge is 0.265 e. The summed E-state index contributed by atoms with van der Waals surface area (Å²) in [6, 6.07) is 13.0. The van der Waals surface area contributed by atoms with Crippen LogP contribution in [0.25, 0.3) is 0 Å². The molecule has 1 aliphatic heterocycles. The fourth-order valence-corrected chi connectivity index (χ4v) is 3.40. The summed E-state index contributed by atoms with van der Waals surface area (Å²) in [6.07, 6.45) is 2.90. The van der Waals surface area contributed by atoms with Crippen LogP contribution in [0, 0.1) is 0 Å². The molecule has 26 heavy (non-hydrogen) atoms. The predicted molar refractivity (Wildman–Crippen MR) is 106 cm³/mol. The van der Waals surface area contributed by atoms with E-state index >= 15 is 0 Å². The molecule has 2 amide bonds. The van der Waals surface area contributed by atoms with Gasteiger partial charge in [-0.2, -0.15) is 11.8 Å². The van der Waals surface area contributed by atoms with Gasteiger partial charge in [-0.05, 0) is 48.6 Å². The molecule has 0 unspecified atom stereocenters. The molecule has 1 aliphatic rings. The average molecular weight is 370 g/mol. The SMILES string of the molecule is CCCN1C(=O)COc2ccc(NC(=O)c3ccc(CSC)cc3)cc21. The van der Waals surface area contributed by atoms with Crippen molar-refractivity contribution in [2.45, 2.75) is 19.1 Å². The maximum atomic E-state index is 12.5. The largest absolute Gasteiger partial charge is 0.482 e. The Kier molecular flexibility index (Phi) is 5.83. The van der Waals surface area contributed by atoms with Gasteiger partial charge in [-0.15, -0.1) is 0 Å². The summed E-state index contributed by atoms with van der Waals surface area (Å²) in [6.45, 7) is 2.71. The molecule has 0 aliphatic carbocycles. The Labute approximate surface area is 157 Å². The third kappa shape index (κ3) is 4.02. The molecule has 0 aromatic heterocycles. The Bertz CT molecular complexity index is 805. The molecule has 1 N–H and O–H groups in total. The summed E-state index contributed by atoms with van der Waals surface area (Å²) < 4.78 is 5.49. The van der Waals surface area contributed by atoms with E-state index in [1.54, 1.807) is 34.9 Å². The number of hydrogen-bond acceptors (Lipinski definition) is 4. The molecule has 0 saturated heterocycles. The van der Waals surface area contributed by atoms with Gasteiger partial charge in [0.15, 0.2) is 6.61 Å². The van der Waals surface area contributed by atoms with Gasteiger partial charge < -0.3 is 15.0 Å². The Hall–Kier alpha value is -2.47. The number of benzene rings is 2. The van der Waals surface area contributed by atoms with Crippen molar-refractivity contribution in [1.29, 1.82) is 0 Å². The van der Waals surface area contributed by atoms with E-state index < -0.39 is 0 Å². The average Bonchev–Trinajstić information content (AvgIpc) is 2.65. The van der Waals surface area contributed by atoms with E-state index in [0.29, 0.717) is 29.2 Å². The molecule has 136 valence electrons. The first-order valence-electron chi connectivity index (χ1n) is 8.59. The summed E-state index contributed by atoms with van der Waals surface area (Å²) in [5.41, 5.74) is 3.14. The number of rotatable bonds is 6. The molecule has 0 saturated carbocycles. The fourth-order valence-electron chi connectivity index (χ4n) is 2.87. The quantitative estimate of drug-likeness (QED) is 0.837. The molecule has 1 heterocycles. The summed E-state index contributed by atoms with van der Waals surface area (Å²) in [5.74, 6) is 1.35.